The second kappa shape index (κ2) is 33.7. The van der Waals surface area contributed by atoms with Gasteiger partial charge in [-0.2, -0.15) is 17.6 Å². The van der Waals surface area contributed by atoms with Crippen LogP contribution in [0.3, 0.4) is 0 Å². The first kappa shape index (κ1) is 79.9. The number of aromatic amines is 1. The number of ether oxygens (including phenoxy) is 4. The number of sulfonamides is 2. The molecule has 0 saturated carbocycles. The number of alkyl halides is 3. The Morgan fingerprint density at radius 1 is 0.728 bits per heavy atom. The van der Waals surface area contributed by atoms with Crippen LogP contribution in [0.5, 0.6) is 11.5 Å². The number of nitrogens with one attached hydrogen (secondary N) is 3. The monoisotopic (exact) mass is 1520 g/mol. The molecular formula is C66H77ClF4N12O17S3. The van der Waals surface area contributed by atoms with Gasteiger partial charge in [-0.15, -0.1) is 12.4 Å². The predicted molar refractivity (Wildman–Crippen MR) is 377 cm³/mol. The van der Waals surface area contributed by atoms with Crippen molar-refractivity contribution in [2.45, 2.75) is 98.3 Å². The molecule has 4 aliphatic heterocycles. The fourth-order valence-corrected chi connectivity index (χ4v) is 14.2. The Balaban J connectivity index is 0.000000270. The maximum atomic E-state index is 14.0. The summed E-state index contributed by atoms with van der Waals surface area (Å²) in [5, 5.41) is 49.7. The number of piperazine rings is 1. The number of rotatable bonds is 19. The van der Waals surface area contributed by atoms with E-state index in [0.717, 1.165) is 85.7 Å². The molecule has 4 fully saturated rings. The van der Waals surface area contributed by atoms with Gasteiger partial charge in [0.15, 0.2) is 15.6 Å². The quantitative estimate of drug-likeness (QED) is 0.0190. The maximum absolute atomic E-state index is 14.0. The molecule has 37 heteroatoms. The normalized spacial score (nSPS) is 18.4. The van der Waals surface area contributed by atoms with Gasteiger partial charge in [-0.25, -0.2) is 40.5 Å². The Morgan fingerprint density at radius 2 is 1.29 bits per heavy atom. The molecule has 3 atom stereocenters. The first-order valence-electron chi connectivity index (χ1n) is 32.0. The van der Waals surface area contributed by atoms with E-state index in [1.165, 1.54) is 48.2 Å². The molecule has 12 rings (SSSR count). The van der Waals surface area contributed by atoms with E-state index in [4.69, 9.17) is 35.0 Å². The third-order valence-electron chi connectivity index (χ3n) is 17.4. The Labute approximate surface area is 596 Å². The molecule has 0 unspecified atom stereocenters. The van der Waals surface area contributed by atoms with Crippen LogP contribution in [-0.2, 0) is 50.3 Å². The number of pyridine rings is 1. The van der Waals surface area contributed by atoms with E-state index in [0.29, 0.717) is 101 Å². The summed E-state index contributed by atoms with van der Waals surface area (Å²) in [6, 6.07) is 22.0. The largest absolute Gasteiger partial charge is 0.455 e. The highest BCUT2D eigenvalue weighted by Crippen LogP contribution is 2.45. The molecule has 29 nitrogen and oxygen atoms in total. The molecule has 0 amide bonds. The number of nitro groups is 3. The molecule has 6 heterocycles. The second-order valence-electron chi connectivity index (χ2n) is 25.6. The molecule has 2 aromatic heterocycles. The zero-order valence-electron chi connectivity index (χ0n) is 55.9. The lowest BCUT2D eigenvalue weighted by Crippen LogP contribution is -2.47. The van der Waals surface area contributed by atoms with Gasteiger partial charge in [0.05, 0.1) is 78.7 Å². The van der Waals surface area contributed by atoms with Crippen molar-refractivity contribution in [1.29, 1.82) is 0 Å². The number of hydrogen-bond acceptors (Lipinski definition) is 23. The van der Waals surface area contributed by atoms with Crippen LogP contribution in [0.1, 0.15) is 79.4 Å². The van der Waals surface area contributed by atoms with E-state index in [2.05, 4.69) is 44.2 Å². The first-order chi connectivity index (χ1) is 48.0. The average molecular weight is 1520 g/mol. The number of aromatic nitrogens is 2. The van der Waals surface area contributed by atoms with Crippen molar-refractivity contribution in [2.24, 2.45) is 21.4 Å². The van der Waals surface area contributed by atoms with Crippen molar-refractivity contribution in [2.75, 3.05) is 93.7 Å². The van der Waals surface area contributed by atoms with E-state index in [1.807, 2.05) is 6.07 Å². The summed E-state index contributed by atoms with van der Waals surface area (Å²) in [5.74, 6) is -2.37. The number of ketones is 1. The molecule has 4 saturated heterocycles. The molecule has 0 bridgehead atoms. The molecule has 556 valence electrons. The van der Waals surface area contributed by atoms with E-state index in [9.17, 15) is 78.0 Å². The predicted octanol–water partition coefficient (Wildman–Crippen LogP) is 10.2. The van der Waals surface area contributed by atoms with Crippen LogP contribution in [0.25, 0.3) is 16.6 Å². The number of H-pyrrole nitrogens is 1. The number of hydrogen-bond donors (Lipinski definition) is 6. The Kier molecular flexibility index (Phi) is 26.2. The number of fused-ring (bicyclic) bond motifs is 1. The highest BCUT2D eigenvalue weighted by Gasteiger charge is 2.35. The molecule has 1 aliphatic carbocycles. The van der Waals surface area contributed by atoms with E-state index < -0.39 is 90.0 Å². The van der Waals surface area contributed by atoms with Gasteiger partial charge in [-0.05, 0) is 140 Å². The number of nitrogens with two attached hydrogens (primary N) is 3. The summed E-state index contributed by atoms with van der Waals surface area (Å²) in [4.78, 5) is 55.7. The average Bonchev–Trinajstić information content (AvgIpc) is 1.23. The number of aryl methyl sites for hydroxylation is 1. The molecule has 0 spiro atoms. The lowest BCUT2D eigenvalue weighted by Gasteiger charge is -2.39. The van der Waals surface area contributed by atoms with Gasteiger partial charge in [-0.3, -0.25) is 40.0 Å². The summed E-state index contributed by atoms with van der Waals surface area (Å²) in [6.07, 6.45) is 3.87. The van der Waals surface area contributed by atoms with Crippen LogP contribution in [-0.4, -0.2) is 157 Å². The van der Waals surface area contributed by atoms with Gasteiger partial charge in [0.2, 0.25) is 25.9 Å². The fraction of sp³-hybridized carbons (Fsp3) is 0.394. The van der Waals surface area contributed by atoms with Crippen molar-refractivity contribution >= 4 is 98.8 Å². The van der Waals surface area contributed by atoms with Crippen LogP contribution in [0.4, 0.5) is 51.7 Å². The van der Waals surface area contributed by atoms with Crippen molar-refractivity contribution in [3.8, 4) is 11.5 Å². The SMILES string of the molecule is Cc1cc(C(F)(F)F)ccc1C1=C(CN2CCN(c3ccc(C(=O)CS(=O)(=O)c4ccc(N[C@@H]5CCOC5)c([N+](=O)[O-])c4)c(Oc4cnc5[nH]ccc5c4)c3)CC2)CCC(C)(C)C1.Cl.NS(=O)(=O)c1ccc(F)c([N+](=O)[O-])c1.NS(=O)(=O)c1ccc(N[C@@H]2CCOC2)c([N+](=O)[O-])c1.N[C@@H]1CCOC1. The van der Waals surface area contributed by atoms with Gasteiger partial charge in [-0.1, -0.05) is 25.5 Å². The summed E-state index contributed by atoms with van der Waals surface area (Å²) >= 11 is 0. The van der Waals surface area contributed by atoms with Crippen molar-refractivity contribution in [3.05, 3.63) is 180 Å². The maximum Gasteiger partial charge on any atom is 0.416 e. The number of sulfone groups is 1. The van der Waals surface area contributed by atoms with Gasteiger partial charge in [0.1, 0.15) is 34.3 Å². The lowest BCUT2D eigenvalue weighted by atomic mass is 9.72. The fourth-order valence-electron chi connectivity index (χ4n) is 11.9. The molecule has 7 aromatic rings. The van der Waals surface area contributed by atoms with Crippen LogP contribution >= 0.6 is 12.4 Å². The first-order valence-corrected chi connectivity index (χ1v) is 36.7. The second-order valence-corrected chi connectivity index (χ2v) is 30.7. The number of halogens is 5. The number of carbonyl (C=O) groups is 1. The van der Waals surface area contributed by atoms with E-state index >= 15 is 0 Å². The minimum Gasteiger partial charge on any atom is -0.455 e. The van der Waals surface area contributed by atoms with Gasteiger partial charge < -0.3 is 45.2 Å². The molecule has 5 aliphatic rings. The summed E-state index contributed by atoms with van der Waals surface area (Å²) < 4.78 is 146. The zero-order chi connectivity index (χ0) is 74.1. The molecule has 0 radical (unpaired) electrons. The Morgan fingerprint density at radius 3 is 1.82 bits per heavy atom. The van der Waals surface area contributed by atoms with Crippen LogP contribution in [0, 0.1) is 48.5 Å². The van der Waals surface area contributed by atoms with Gasteiger partial charge >= 0.3 is 11.9 Å². The smallest absolute Gasteiger partial charge is 0.416 e. The molecule has 103 heavy (non-hydrogen) atoms. The van der Waals surface area contributed by atoms with Crippen LogP contribution < -0.4 is 36.3 Å². The number of allylic oxidation sites excluding steroid dienone is 1. The number of primary sulfonamides is 2. The van der Waals surface area contributed by atoms with Crippen LogP contribution in [0.2, 0.25) is 0 Å². The minimum atomic E-state index is -4.41. The third-order valence-corrected chi connectivity index (χ3v) is 20.8. The minimum absolute atomic E-state index is 0. The number of anilines is 3. The molecular weight excluding hydrogens is 1440 g/mol. The van der Waals surface area contributed by atoms with Crippen molar-refractivity contribution < 1.29 is 81.3 Å². The molecule has 9 N–H and O–H groups in total. The lowest BCUT2D eigenvalue weighted by molar-refractivity contribution is -0.387. The van der Waals surface area contributed by atoms with E-state index in [-0.39, 0.29) is 68.1 Å². The number of nitrogens with zero attached hydrogens (tertiary/aromatic N) is 6. The van der Waals surface area contributed by atoms with Crippen molar-refractivity contribution in [3.63, 3.8) is 0 Å². The van der Waals surface area contributed by atoms with Gasteiger partial charge in [0.25, 0.3) is 11.4 Å². The Bertz CT molecular complexity index is 4660. The van der Waals surface area contributed by atoms with Gasteiger partial charge in [0, 0.05) is 100 Å². The molecule has 5 aromatic carbocycles. The number of benzene rings is 5. The standard InChI is InChI=1S/C46H49F3N6O7S.C10H13N3O5S.C6H5FN2O4S.C4H9NO.ClH/c1-29-20-32(46(47,48)49)4-7-37(29)39-24-45(2,3)13-10-31(39)26-53-15-17-54(18-16-53)34-5-8-38(43(22-34)62-35-21-30-11-14-50-44(30)51-25-35)42(56)28-63(59,60)36-6-9-40(41(23-36)55(57)58)52-33-12-19-61-27-33;11-19(16,17)8-1-2-9(10(5-8)13(14)15)12-7-3-4-18-6-7;7-5-2-1-4(14(8,12)13)3-6(5)9(10)11;5-4-1-2-6-3-4;/h4-9,11,14,20-23,25,33,52H,10,12-13,15-19,24,26-28H2,1-3H3,(H,50,51);1-2,5,7,12H,3-4,6H2,(H2,11,16,17);1-3H,(H2,8,12,13);4H,1-3,5H2;1H/t33-;7-;;4-;/m11.1./s1. The van der Waals surface area contributed by atoms with Crippen molar-refractivity contribution in [1.82, 2.24) is 14.9 Å². The Hall–Kier alpha value is -8.82. The number of nitro benzene ring substituents is 3. The highest BCUT2D eigenvalue weighted by atomic mass is 35.5. The van der Waals surface area contributed by atoms with Crippen LogP contribution in [0.15, 0.2) is 136 Å². The number of Topliss-reactive ketones (excluding diaryl/α,β-unsaturated/α-hetero) is 1. The van der Waals surface area contributed by atoms with E-state index in [1.54, 1.807) is 43.5 Å². The summed E-state index contributed by atoms with van der Waals surface area (Å²) in [5.41, 5.74) is 8.79. The zero-order valence-corrected chi connectivity index (χ0v) is 59.2. The highest BCUT2D eigenvalue weighted by molar-refractivity contribution is 7.92. The topological polar surface area (TPSA) is 423 Å². The summed E-state index contributed by atoms with van der Waals surface area (Å²) in [6.45, 7) is 13.1. The summed E-state index contributed by atoms with van der Waals surface area (Å²) in [7, 11) is -12.4. The third kappa shape index (κ3) is 21.4. The number of carbonyl (C=O) groups excluding carboxylic acids is 1.